The number of hydrogen-bond donors (Lipinski definition) is 1. The van der Waals surface area contributed by atoms with Crippen molar-refractivity contribution in [1.29, 1.82) is 5.26 Å². The number of nitrogens with one attached hydrogen (secondary N) is 1. The summed E-state index contributed by atoms with van der Waals surface area (Å²) in [6, 6.07) is 7.47. The molecule has 1 rings (SSSR count). The molecule has 0 radical (unpaired) electrons. The molecule has 17 heavy (non-hydrogen) atoms. The van der Waals surface area contributed by atoms with Crippen LogP contribution in [-0.2, 0) is 10.2 Å². The maximum Gasteiger partial charge on any atom is 0.280 e. The molecule has 0 fully saturated rings. The fourth-order valence-electron chi connectivity index (χ4n) is 1.12. The van der Waals surface area contributed by atoms with Crippen molar-refractivity contribution in [3.05, 3.63) is 34.9 Å². The van der Waals surface area contributed by atoms with E-state index < -0.39 is 16.3 Å². The van der Waals surface area contributed by atoms with Gasteiger partial charge in [-0.15, -0.1) is 0 Å². The van der Waals surface area contributed by atoms with Crippen molar-refractivity contribution in [3.8, 4) is 6.07 Å². The zero-order chi connectivity index (χ0) is 13.1. The Morgan fingerprint density at radius 1 is 1.41 bits per heavy atom. The quantitative estimate of drug-likeness (QED) is 0.899. The van der Waals surface area contributed by atoms with Gasteiger partial charge in [0, 0.05) is 24.7 Å². The average Bonchev–Trinajstić information content (AvgIpc) is 2.26. The van der Waals surface area contributed by atoms with Crippen LogP contribution in [0.3, 0.4) is 0 Å². The van der Waals surface area contributed by atoms with Crippen molar-refractivity contribution in [1.82, 2.24) is 9.03 Å². The molecule has 1 unspecified atom stereocenters. The molecule has 7 heteroatoms. The molecule has 0 aliphatic carbocycles. The molecule has 0 aromatic heterocycles. The highest BCUT2D eigenvalue weighted by Gasteiger charge is 2.22. The lowest BCUT2D eigenvalue weighted by molar-refractivity contribution is 0.500. The first kappa shape index (κ1) is 13.9. The van der Waals surface area contributed by atoms with E-state index in [-0.39, 0.29) is 0 Å². The van der Waals surface area contributed by atoms with Crippen LogP contribution in [0, 0.1) is 11.3 Å². The van der Waals surface area contributed by atoms with Gasteiger partial charge in [0.05, 0.1) is 6.07 Å². The Morgan fingerprint density at radius 2 is 2.00 bits per heavy atom. The molecule has 0 bridgehead atoms. The molecule has 1 atom stereocenters. The fraction of sp³-hybridized carbons (Fsp3) is 0.300. The van der Waals surface area contributed by atoms with Gasteiger partial charge >= 0.3 is 0 Å². The van der Waals surface area contributed by atoms with Gasteiger partial charge in [0.25, 0.3) is 10.2 Å². The van der Waals surface area contributed by atoms with E-state index in [1.807, 2.05) is 6.07 Å². The van der Waals surface area contributed by atoms with E-state index in [9.17, 15) is 8.42 Å². The first-order valence-corrected chi connectivity index (χ1v) is 6.54. The topological polar surface area (TPSA) is 73.2 Å². The largest absolute Gasteiger partial charge is 0.280 e. The number of nitriles is 1. The maximum absolute atomic E-state index is 11.6. The van der Waals surface area contributed by atoms with Gasteiger partial charge in [-0.25, -0.2) is 0 Å². The molecular formula is C10H12ClN3O2S. The molecule has 5 nitrogen and oxygen atoms in total. The monoisotopic (exact) mass is 273 g/mol. The summed E-state index contributed by atoms with van der Waals surface area (Å²) in [6.07, 6.45) is 0. The minimum absolute atomic E-state index is 0.348. The Labute approximate surface area is 106 Å². The molecule has 0 spiro atoms. The van der Waals surface area contributed by atoms with E-state index in [1.165, 1.54) is 14.1 Å². The predicted octanol–water partition coefficient (Wildman–Crippen LogP) is 1.30. The molecule has 1 N–H and O–H groups in total. The molecule has 1 aromatic rings. The second-order valence-corrected chi connectivity index (χ2v) is 5.81. The molecular weight excluding hydrogens is 262 g/mol. The van der Waals surface area contributed by atoms with Crippen LogP contribution in [0.4, 0.5) is 0 Å². The van der Waals surface area contributed by atoms with Crippen molar-refractivity contribution < 1.29 is 8.42 Å². The highest BCUT2D eigenvalue weighted by Crippen LogP contribution is 2.22. The molecule has 92 valence electrons. The van der Waals surface area contributed by atoms with E-state index >= 15 is 0 Å². The number of nitrogens with zero attached hydrogens (tertiary/aromatic N) is 2. The Kier molecular flexibility index (Phi) is 4.48. The maximum atomic E-state index is 11.6. The molecule has 1 aromatic carbocycles. The molecule has 0 amide bonds. The van der Waals surface area contributed by atoms with Gasteiger partial charge < -0.3 is 0 Å². The molecule has 0 aliphatic rings. The highest BCUT2D eigenvalue weighted by molar-refractivity contribution is 7.87. The van der Waals surface area contributed by atoms with Gasteiger partial charge in [-0.05, 0) is 6.07 Å². The predicted molar refractivity (Wildman–Crippen MR) is 65.5 cm³/mol. The van der Waals surface area contributed by atoms with Crippen molar-refractivity contribution in [2.45, 2.75) is 6.04 Å². The van der Waals surface area contributed by atoms with Crippen LogP contribution in [-0.4, -0.2) is 26.8 Å². The number of benzene rings is 1. The van der Waals surface area contributed by atoms with Gasteiger partial charge in [-0.1, -0.05) is 29.8 Å². The van der Waals surface area contributed by atoms with Gasteiger partial charge in [0.1, 0.15) is 6.04 Å². The lowest BCUT2D eigenvalue weighted by Gasteiger charge is -2.17. The minimum atomic E-state index is -3.67. The summed E-state index contributed by atoms with van der Waals surface area (Å²) in [5.41, 5.74) is 0.432. The van der Waals surface area contributed by atoms with Gasteiger partial charge in [-0.3, -0.25) is 0 Å². The van der Waals surface area contributed by atoms with E-state index in [4.69, 9.17) is 16.9 Å². The molecule has 0 aliphatic heterocycles. The van der Waals surface area contributed by atoms with Crippen molar-refractivity contribution >= 4 is 21.8 Å². The summed E-state index contributed by atoms with van der Waals surface area (Å²) in [6.45, 7) is 0. The highest BCUT2D eigenvalue weighted by atomic mass is 35.5. The summed E-state index contributed by atoms with van der Waals surface area (Å²) in [7, 11) is -0.916. The van der Waals surface area contributed by atoms with Crippen molar-refractivity contribution in [3.63, 3.8) is 0 Å². The van der Waals surface area contributed by atoms with Crippen LogP contribution >= 0.6 is 11.6 Å². The number of hydrogen-bond acceptors (Lipinski definition) is 3. The fourth-order valence-corrected chi connectivity index (χ4v) is 2.06. The SMILES string of the molecule is CN(C)S(=O)(=O)NC(C#N)c1ccccc1Cl. The second-order valence-electron chi connectivity index (χ2n) is 3.49. The number of halogens is 1. The Hall–Kier alpha value is -1.13. The summed E-state index contributed by atoms with van der Waals surface area (Å²) in [5, 5.41) is 9.34. The zero-order valence-corrected chi connectivity index (χ0v) is 11.0. The van der Waals surface area contributed by atoms with E-state index in [0.717, 1.165) is 4.31 Å². The average molecular weight is 274 g/mol. The number of rotatable bonds is 4. The van der Waals surface area contributed by atoms with Crippen LogP contribution < -0.4 is 4.72 Å². The third-order valence-corrected chi connectivity index (χ3v) is 3.93. The smallest absolute Gasteiger partial charge is 0.196 e. The molecule has 0 saturated heterocycles. The van der Waals surface area contributed by atoms with Crippen LogP contribution in [0.5, 0.6) is 0 Å². The summed E-state index contributed by atoms with van der Waals surface area (Å²) >= 11 is 5.91. The van der Waals surface area contributed by atoms with Crippen LogP contribution in [0.15, 0.2) is 24.3 Å². The Morgan fingerprint density at radius 3 is 2.47 bits per heavy atom. The van der Waals surface area contributed by atoms with Gasteiger partial charge in [0.15, 0.2) is 0 Å². The van der Waals surface area contributed by atoms with Crippen LogP contribution in [0.1, 0.15) is 11.6 Å². The first-order chi connectivity index (χ1) is 7.88. The second kappa shape index (κ2) is 5.47. The summed E-state index contributed by atoms with van der Waals surface area (Å²) < 4.78 is 26.5. The summed E-state index contributed by atoms with van der Waals surface area (Å²) in [5.74, 6) is 0. The van der Waals surface area contributed by atoms with E-state index in [2.05, 4.69) is 4.72 Å². The lowest BCUT2D eigenvalue weighted by Crippen LogP contribution is -2.37. The minimum Gasteiger partial charge on any atom is -0.196 e. The lowest BCUT2D eigenvalue weighted by atomic mass is 10.1. The Bertz CT molecular complexity index is 537. The standard InChI is InChI=1S/C10H12ClN3O2S/c1-14(2)17(15,16)13-10(7-12)8-5-3-4-6-9(8)11/h3-6,10,13H,1-2H3. The van der Waals surface area contributed by atoms with E-state index in [0.29, 0.717) is 10.6 Å². The normalized spacial score (nSPS) is 13.4. The third-order valence-electron chi connectivity index (χ3n) is 2.09. The van der Waals surface area contributed by atoms with Crippen molar-refractivity contribution in [2.75, 3.05) is 14.1 Å². The van der Waals surface area contributed by atoms with E-state index in [1.54, 1.807) is 24.3 Å². The van der Waals surface area contributed by atoms with Crippen LogP contribution in [0.25, 0.3) is 0 Å². The summed E-state index contributed by atoms with van der Waals surface area (Å²) in [4.78, 5) is 0. The van der Waals surface area contributed by atoms with Crippen LogP contribution in [0.2, 0.25) is 5.02 Å². The molecule has 0 saturated carbocycles. The van der Waals surface area contributed by atoms with Gasteiger partial charge in [0.2, 0.25) is 0 Å². The third kappa shape index (κ3) is 3.41. The first-order valence-electron chi connectivity index (χ1n) is 4.72. The zero-order valence-electron chi connectivity index (χ0n) is 9.38. The molecule has 0 heterocycles. The Balaban J connectivity index is 3.04. The van der Waals surface area contributed by atoms with Gasteiger partial charge in [-0.2, -0.15) is 22.7 Å². The van der Waals surface area contributed by atoms with Crippen molar-refractivity contribution in [2.24, 2.45) is 0 Å².